The van der Waals surface area contributed by atoms with E-state index in [1.54, 1.807) is 25.3 Å². The van der Waals surface area contributed by atoms with E-state index >= 15 is 0 Å². The fraction of sp³-hybridized carbons (Fsp3) is 0.188. The van der Waals surface area contributed by atoms with Crippen LogP contribution in [0.5, 0.6) is 11.5 Å². The largest absolute Gasteiger partial charge is 0.497 e. The van der Waals surface area contributed by atoms with Crippen molar-refractivity contribution in [2.45, 2.75) is 12.5 Å². The van der Waals surface area contributed by atoms with Gasteiger partial charge in [0.25, 0.3) is 0 Å². The van der Waals surface area contributed by atoms with Crippen molar-refractivity contribution in [3.63, 3.8) is 0 Å². The summed E-state index contributed by atoms with van der Waals surface area (Å²) < 4.78 is 11.1. The SMILES string of the molecule is COc1ccc2c(c1)O[C@@H](c1ccccc1)CC2=O. The normalized spacial score (nSPS) is 17.5. The van der Waals surface area contributed by atoms with Crippen LogP contribution >= 0.6 is 0 Å². The third-order valence-corrected chi connectivity index (χ3v) is 3.30. The van der Waals surface area contributed by atoms with E-state index in [4.69, 9.17) is 9.47 Å². The molecule has 0 radical (unpaired) electrons. The molecular formula is C16H14O3. The monoisotopic (exact) mass is 254 g/mol. The molecule has 0 saturated carbocycles. The summed E-state index contributed by atoms with van der Waals surface area (Å²) in [5.41, 5.74) is 1.65. The van der Waals surface area contributed by atoms with Crippen LogP contribution in [0.2, 0.25) is 0 Å². The third-order valence-electron chi connectivity index (χ3n) is 3.30. The average Bonchev–Trinajstić information content (AvgIpc) is 2.47. The van der Waals surface area contributed by atoms with Crippen LogP contribution in [0.15, 0.2) is 48.5 Å². The first-order valence-corrected chi connectivity index (χ1v) is 6.21. The Hall–Kier alpha value is -2.29. The summed E-state index contributed by atoms with van der Waals surface area (Å²) in [5.74, 6) is 1.41. The van der Waals surface area contributed by atoms with E-state index in [1.165, 1.54) is 0 Å². The summed E-state index contributed by atoms with van der Waals surface area (Å²) in [6, 6.07) is 15.1. The van der Waals surface area contributed by atoms with Crippen molar-refractivity contribution in [2.75, 3.05) is 7.11 Å². The molecule has 3 nitrogen and oxygen atoms in total. The highest BCUT2D eigenvalue weighted by Gasteiger charge is 2.27. The average molecular weight is 254 g/mol. The van der Waals surface area contributed by atoms with Crippen molar-refractivity contribution < 1.29 is 14.3 Å². The molecule has 1 aliphatic heterocycles. The van der Waals surface area contributed by atoms with E-state index in [-0.39, 0.29) is 11.9 Å². The second-order valence-corrected chi connectivity index (χ2v) is 4.51. The summed E-state index contributed by atoms with van der Waals surface area (Å²) in [6.45, 7) is 0. The molecule has 0 fully saturated rings. The minimum atomic E-state index is -0.215. The molecule has 0 aliphatic carbocycles. The van der Waals surface area contributed by atoms with Gasteiger partial charge in [-0.05, 0) is 17.7 Å². The van der Waals surface area contributed by atoms with Crippen LogP contribution in [-0.2, 0) is 0 Å². The molecular weight excluding hydrogens is 240 g/mol. The number of fused-ring (bicyclic) bond motifs is 1. The number of carbonyl (C=O) groups is 1. The van der Waals surface area contributed by atoms with E-state index in [9.17, 15) is 4.79 Å². The Balaban J connectivity index is 1.96. The van der Waals surface area contributed by atoms with Gasteiger partial charge in [0.15, 0.2) is 5.78 Å². The zero-order chi connectivity index (χ0) is 13.2. The summed E-state index contributed by atoms with van der Waals surface area (Å²) in [7, 11) is 1.60. The Kier molecular flexibility index (Phi) is 2.95. The van der Waals surface area contributed by atoms with Crippen molar-refractivity contribution in [1.82, 2.24) is 0 Å². The summed E-state index contributed by atoms with van der Waals surface area (Å²) >= 11 is 0. The molecule has 0 bridgehead atoms. The standard InChI is InChI=1S/C16H14O3/c1-18-12-7-8-13-14(17)10-15(19-16(13)9-12)11-5-3-2-4-6-11/h2-9,15H,10H2,1H3/t15-/m1/s1. The van der Waals surface area contributed by atoms with Crippen molar-refractivity contribution in [3.8, 4) is 11.5 Å². The Morgan fingerprint density at radius 2 is 1.95 bits per heavy atom. The minimum absolute atomic E-state index is 0.109. The Morgan fingerprint density at radius 3 is 2.68 bits per heavy atom. The smallest absolute Gasteiger partial charge is 0.170 e. The Labute approximate surface area is 111 Å². The van der Waals surface area contributed by atoms with Gasteiger partial charge in [0, 0.05) is 6.07 Å². The highest BCUT2D eigenvalue weighted by Crippen LogP contribution is 2.36. The first-order chi connectivity index (χ1) is 9.28. The van der Waals surface area contributed by atoms with Crippen molar-refractivity contribution in [1.29, 1.82) is 0 Å². The first kappa shape index (κ1) is 11.8. The summed E-state index contributed by atoms with van der Waals surface area (Å²) in [4.78, 5) is 12.1. The van der Waals surface area contributed by atoms with E-state index in [2.05, 4.69) is 0 Å². The maximum Gasteiger partial charge on any atom is 0.170 e. The van der Waals surface area contributed by atoms with Crippen LogP contribution < -0.4 is 9.47 Å². The molecule has 3 rings (SSSR count). The molecule has 2 aromatic rings. The van der Waals surface area contributed by atoms with Gasteiger partial charge in [0.1, 0.15) is 17.6 Å². The maximum absolute atomic E-state index is 12.1. The quantitative estimate of drug-likeness (QED) is 0.824. The molecule has 96 valence electrons. The summed E-state index contributed by atoms with van der Waals surface area (Å²) in [5, 5.41) is 0. The van der Waals surface area contributed by atoms with Gasteiger partial charge in [0.2, 0.25) is 0 Å². The second kappa shape index (κ2) is 4.76. The lowest BCUT2D eigenvalue weighted by Crippen LogP contribution is -2.20. The van der Waals surface area contributed by atoms with Crippen LogP contribution in [-0.4, -0.2) is 12.9 Å². The molecule has 0 N–H and O–H groups in total. The third kappa shape index (κ3) is 2.19. The van der Waals surface area contributed by atoms with Gasteiger partial charge in [-0.25, -0.2) is 0 Å². The Bertz CT molecular complexity index is 605. The fourth-order valence-corrected chi connectivity index (χ4v) is 2.28. The number of carbonyl (C=O) groups excluding carboxylic acids is 1. The number of methoxy groups -OCH3 is 1. The van der Waals surface area contributed by atoms with Gasteiger partial charge in [-0.3, -0.25) is 4.79 Å². The van der Waals surface area contributed by atoms with Crippen LogP contribution in [0.3, 0.4) is 0 Å². The van der Waals surface area contributed by atoms with Crippen molar-refractivity contribution in [3.05, 3.63) is 59.7 Å². The molecule has 1 aliphatic rings. The van der Waals surface area contributed by atoms with Crippen molar-refractivity contribution >= 4 is 5.78 Å². The van der Waals surface area contributed by atoms with Gasteiger partial charge in [-0.2, -0.15) is 0 Å². The molecule has 0 aromatic heterocycles. The van der Waals surface area contributed by atoms with Crippen LogP contribution in [0, 0.1) is 0 Å². The van der Waals surface area contributed by atoms with Crippen LogP contribution in [0.4, 0.5) is 0 Å². The minimum Gasteiger partial charge on any atom is -0.497 e. The van der Waals surface area contributed by atoms with Gasteiger partial charge < -0.3 is 9.47 Å². The maximum atomic E-state index is 12.1. The molecule has 1 heterocycles. The molecule has 19 heavy (non-hydrogen) atoms. The fourth-order valence-electron chi connectivity index (χ4n) is 2.28. The van der Waals surface area contributed by atoms with E-state index in [0.717, 1.165) is 5.56 Å². The van der Waals surface area contributed by atoms with Crippen molar-refractivity contribution in [2.24, 2.45) is 0 Å². The van der Waals surface area contributed by atoms with Crippen LogP contribution in [0.1, 0.15) is 28.4 Å². The number of ketones is 1. The molecule has 0 spiro atoms. The topological polar surface area (TPSA) is 35.5 Å². The van der Waals surface area contributed by atoms with Gasteiger partial charge >= 0.3 is 0 Å². The molecule has 2 aromatic carbocycles. The highest BCUT2D eigenvalue weighted by molar-refractivity contribution is 6.00. The first-order valence-electron chi connectivity index (χ1n) is 6.21. The second-order valence-electron chi connectivity index (χ2n) is 4.51. The molecule has 0 amide bonds. The van der Waals surface area contributed by atoms with Gasteiger partial charge in [-0.15, -0.1) is 0 Å². The zero-order valence-electron chi connectivity index (χ0n) is 10.6. The highest BCUT2D eigenvalue weighted by atomic mass is 16.5. The lowest BCUT2D eigenvalue weighted by atomic mass is 9.96. The van der Waals surface area contributed by atoms with E-state index in [1.807, 2.05) is 30.3 Å². The number of benzene rings is 2. The molecule has 1 atom stereocenters. The number of ether oxygens (including phenoxy) is 2. The van der Waals surface area contributed by atoms with Gasteiger partial charge in [-0.1, -0.05) is 30.3 Å². The summed E-state index contributed by atoms with van der Waals surface area (Å²) in [6.07, 6.45) is 0.164. The van der Waals surface area contributed by atoms with E-state index in [0.29, 0.717) is 23.5 Å². The number of hydrogen-bond donors (Lipinski definition) is 0. The Morgan fingerprint density at radius 1 is 1.16 bits per heavy atom. The molecule has 0 saturated heterocycles. The number of rotatable bonds is 2. The predicted molar refractivity (Wildman–Crippen MR) is 71.8 cm³/mol. The van der Waals surface area contributed by atoms with Gasteiger partial charge in [0.05, 0.1) is 19.1 Å². The lowest BCUT2D eigenvalue weighted by molar-refractivity contribution is 0.0849. The predicted octanol–water partition coefficient (Wildman–Crippen LogP) is 3.40. The van der Waals surface area contributed by atoms with Crippen LogP contribution in [0.25, 0.3) is 0 Å². The molecule has 3 heteroatoms. The zero-order valence-corrected chi connectivity index (χ0v) is 10.6. The van der Waals surface area contributed by atoms with E-state index < -0.39 is 0 Å². The lowest BCUT2D eigenvalue weighted by Gasteiger charge is -2.25. The number of Topliss-reactive ketones (excluding diaryl/α,β-unsaturated/α-hetero) is 1. The molecule has 0 unspecified atom stereocenters. The number of hydrogen-bond acceptors (Lipinski definition) is 3.